The highest BCUT2D eigenvalue weighted by Crippen LogP contribution is 2.15. The maximum absolute atomic E-state index is 12.8. The molecule has 1 aromatic heterocycles. The predicted octanol–water partition coefficient (Wildman–Crippen LogP) is 1.97. The molecule has 0 bridgehead atoms. The molecule has 1 aliphatic rings. The fraction of sp³-hybridized carbons (Fsp3) is 0.583. The first kappa shape index (κ1) is 11.3. The van der Waals surface area contributed by atoms with Gasteiger partial charge >= 0.3 is 0 Å². The number of hydrogen-bond donors (Lipinski definition) is 1. The summed E-state index contributed by atoms with van der Waals surface area (Å²) < 4.78 is 12.8. The van der Waals surface area contributed by atoms with Gasteiger partial charge in [-0.3, -0.25) is 0 Å². The van der Waals surface area contributed by atoms with Crippen molar-refractivity contribution >= 4 is 5.82 Å². The van der Waals surface area contributed by atoms with E-state index in [1.54, 1.807) is 12.1 Å². The number of piperidine rings is 1. The van der Waals surface area contributed by atoms with E-state index in [-0.39, 0.29) is 0 Å². The largest absolute Gasteiger partial charge is 0.370 e. The van der Waals surface area contributed by atoms with Crippen molar-refractivity contribution in [1.82, 2.24) is 9.88 Å². The second-order valence-electron chi connectivity index (χ2n) is 4.50. The molecule has 1 aromatic rings. The van der Waals surface area contributed by atoms with Gasteiger partial charge in [-0.1, -0.05) is 6.07 Å². The van der Waals surface area contributed by atoms with E-state index in [9.17, 15) is 4.39 Å². The van der Waals surface area contributed by atoms with Crippen LogP contribution in [0, 0.1) is 11.9 Å². The minimum Gasteiger partial charge on any atom is -0.370 e. The number of halogens is 1. The number of hydrogen-bond acceptors (Lipinski definition) is 3. The van der Waals surface area contributed by atoms with Crippen LogP contribution >= 0.6 is 0 Å². The van der Waals surface area contributed by atoms with E-state index in [1.807, 2.05) is 0 Å². The summed E-state index contributed by atoms with van der Waals surface area (Å²) in [6, 6.07) is 4.84. The van der Waals surface area contributed by atoms with E-state index in [0.29, 0.717) is 11.7 Å². The van der Waals surface area contributed by atoms with E-state index < -0.39 is 5.95 Å². The molecule has 0 saturated carbocycles. The highest BCUT2D eigenvalue weighted by atomic mass is 19.1. The minimum atomic E-state index is -0.425. The summed E-state index contributed by atoms with van der Waals surface area (Å²) in [6.07, 6.45) is 2.49. The fourth-order valence-corrected chi connectivity index (χ4v) is 2.20. The molecule has 88 valence electrons. The van der Waals surface area contributed by atoms with Crippen molar-refractivity contribution in [2.75, 3.05) is 32.0 Å². The van der Waals surface area contributed by atoms with Crippen LogP contribution in [0.5, 0.6) is 0 Å². The molecule has 1 atom stereocenters. The molecular formula is C12H18FN3. The molecule has 2 rings (SSSR count). The van der Waals surface area contributed by atoms with Gasteiger partial charge < -0.3 is 10.2 Å². The van der Waals surface area contributed by atoms with Crippen LogP contribution in [0.4, 0.5) is 10.2 Å². The zero-order valence-corrected chi connectivity index (χ0v) is 9.62. The van der Waals surface area contributed by atoms with Gasteiger partial charge in [0.1, 0.15) is 5.82 Å². The Hall–Kier alpha value is -1.16. The van der Waals surface area contributed by atoms with Crippen molar-refractivity contribution in [2.24, 2.45) is 5.92 Å². The third kappa shape index (κ3) is 3.17. The van der Waals surface area contributed by atoms with Gasteiger partial charge in [0, 0.05) is 13.1 Å². The number of likely N-dealkylation sites (tertiary alicyclic amines) is 1. The Bertz CT molecular complexity index is 343. The number of aromatic nitrogens is 1. The first-order chi connectivity index (χ1) is 7.74. The van der Waals surface area contributed by atoms with Crippen molar-refractivity contribution in [3.63, 3.8) is 0 Å². The highest BCUT2D eigenvalue weighted by molar-refractivity contribution is 5.33. The van der Waals surface area contributed by atoms with Crippen molar-refractivity contribution in [2.45, 2.75) is 12.8 Å². The molecule has 1 saturated heterocycles. The Morgan fingerprint density at radius 3 is 3.19 bits per heavy atom. The number of nitrogens with zero attached hydrogens (tertiary/aromatic N) is 2. The molecule has 1 aliphatic heterocycles. The monoisotopic (exact) mass is 223 g/mol. The third-order valence-corrected chi connectivity index (χ3v) is 3.01. The van der Waals surface area contributed by atoms with E-state index in [1.165, 1.54) is 25.5 Å². The second-order valence-corrected chi connectivity index (χ2v) is 4.50. The molecule has 4 heteroatoms. The zero-order valence-electron chi connectivity index (χ0n) is 9.62. The van der Waals surface area contributed by atoms with E-state index >= 15 is 0 Å². The summed E-state index contributed by atoms with van der Waals surface area (Å²) in [6.45, 7) is 3.18. The smallest absolute Gasteiger partial charge is 0.214 e. The minimum absolute atomic E-state index is 0.425. The molecule has 0 aromatic carbocycles. The SMILES string of the molecule is CN1CCCC(CNc2cccc(F)n2)C1. The second kappa shape index (κ2) is 5.25. The standard InChI is InChI=1S/C12H18FN3/c1-16-7-3-4-10(9-16)8-14-12-6-2-5-11(13)15-12/h2,5-6,10H,3-4,7-9H2,1H3,(H,14,15). The summed E-state index contributed by atoms with van der Waals surface area (Å²) in [7, 11) is 2.15. The van der Waals surface area contributed by atoms with Crippen LogP contribution in [-0.4, -0.2) is 36.6 Å². The molecule has 1 unspecified atom stereocenters. The van der Waals surface area contributed by atoms with E-state index in [2.05, 4.69) is 22.2 Å². The molecular weight excluding hydrogens is 205 g/mol. The number of pyridine rings is 1. The lowest BCUT2D eigenvalue weighted by molar-refractivity contribution is 0.217. The van der Waals surface area contributed by atoms with E-state index in [0.717, 1.165) is 13.1 Å². The Labute approximate surface area is 95.7 Å². The molecule has 0 radical (unpaired) electrons. The Kier molecular flexibility index (Phi) is 3.72. The summed E-state index contributed by atoms with van der Waals surface area (Å²) in [5.41, 5.74) is 0. The van der Waals surface area contributed by atoms with Gasteiger partial charge in [-0.25, -0.2) is 4.98 Å². The summed E-state index contributed by atoms with van der Waals surface area (Å²) in [5, 5.41) is 3.20. The topological polar surface area (TPSA) is 28.2 Å². The van der Waals surface area contributed by atoms with Gasteiger partial charge in [0.05, 0.1) is 0 Å². The van der Waals surface area contributed by atoms with Crippen LogP contribution < -0.4 is 5.32 Å². The molecule has 16 heavy (non-hydrogen) atoms. The normalized spacial score (nSPS) is 22.0. The van der Waals surface area contributed by atoms with Crippen LogP contribution in [0.1, 0.15) is 12.8 Å². The molecule has 1 fully saturated rings. The van der Waals surface area contributed by atoms with Crippen LogP contribution in [0.3, 0.4) is 0 Å². The summed E-state index contributed by atoms with van der Waals surface area (Å²) in [4.78, 5) is 6.13. The number of anilines is 1. The Balaban J connectivity index is 1.82. The maximum Gasteiger partial charge on any atom is 0.214 e. The van der Waals surface area contributed by atoms with Crippen LogP contribution in [0.2, 0.25) is 0 Å². The average molecular weight is 223 g/mol. The van der Waals surface area contributed by atoms with Gasteiger partial charge in [0.2, 0.25) is 5.95 Å². The third-order valence-electron chi connectivity index (χ3n) is 3.01. The quantitative estimate of drug-likeness (QED) is 0.794. The summed E-state index contributed by atoms with van der Waals surface area (Å²) in [5.74, 6) is 0.850. The van der Waals surface area contributed by atoms with Gasteiger partial charge in [-0.15, -0.1) is 0 Å². The first-order valence-corrected chi connectivity index (χ1v) is 5.79. The summed E-state index contributed by atoms with van der Waals surface area (Å²) >= 11 is 0. The highest BCUT2D eigenvalue weighted by Gasteiger charge is 2.16. The van der Waals surface area contributed by atoms with Crippen LogP contribution in [-0.2, 0) is 0 Å². The van der Waals surface area contributed by atoms with Crippen molar-refractivity contribution < 1.29 is 4.39 Å². The first-order valence-electron chi connectivity index (χ1n) is 5.79. The fourth-order valence-electron chi connectivity index (χ4n) is 2.20. The number of rotatable bonds is 3. The lowest BCUT2D eigenvalue weighted by Gasteiger charge is -2.29. The molecule has 1 N–H and O–H groups in total. The molecule has 0 amide bonds. The van der Waals surface area contributed by atoms with Gasteiger partial charge in [-0.05, 0) is 44.5 Å². The molecule has 2 heterocycles. The van der Waals surface area contributed by atoms with Gasteiger partial charge in [0.25, 0.3) is 0 Å². The van der Waals surface area contributed by atoms with Gasteiger partial charge in [0.15, 0.2) is 0 Å². The molecule has 0 aliphatic carbocycles. The Morgan fingerprint density at radius 1 is 1.56 bits per heavy atom. The van der Waals surface area contributed by atoms with E-state index in [4.69, 9.17) is 0 Å². The van der Waals surface area contributed by atoms with Crippen molar-refractivity contribution in [1.29, 1.82) is 0 Å². The molecule has 0 spiro atoms. The average Bonchev–Trinajstić information content (AvgIpc) is 2.27. The lowest BCUT2D eigenvalue weighted by Crippen LogP contribution is -2.35. The van der Waals surface area contributed by atoms with Gasteiger partial charge in [-0.2, -0.15) is 4.39 Å². The Morgan fingerprint density at radius 2 is 2.44 bits per heavy atom. The maximum atomic E-state index is 12.8. The molecule has 3 nitrogen and oxygen atoms in total. The van der Waals surface area contributed by atoms with Crippen LogP contribution in [0.25, 0.3) is 0 Å². The predicted molar refractivity (Wildman–Crippen MR) is 62.9 cm³/mol. The lowest BCUT2D eigenvalue weighted by atomic mass is 9.98. The number of nitrogens with one attached hydrogen (secondary N) is 1. The van der Waals surface area contributed by atoms with Crippen molar-refractivity contribution in [3.05, 3.63) is 24.1 Å². The van der Waals surface area contributed by atoms with Crippen molar-refractivity contribution in [3.8, 4) is 0 Å². The van der Waals surface area contributed by atoms with Crippen LogP contribution in [0.15, 0.2) is 18.2 Å². The zero-order chi connectivity index (χ0) is 11.4.